The van der Waals surface area contributed by atoms with Crippen LogP contribution in [-0.4, -0.2) is 281 Å². The Hall–Kier alpha value is -13.8. The summed E-state index contributed by atoms with van der Waals surface area (Å²) in [5.41, 5.74) is 42.7. The number of methoxy groups -OCH3 is 1. The number of nitrogen functional groups attached to an aromatic ring is 5. The molecule has 15 heterocycles. The van der Waals surface area contributed by atoms with Gasteiger partial charge in [-0.15, -0.1) is 0 Å². The lowest BCUT2D eigenvalue weighted by Crippen LogP contribution is -2.33. The van der Waals surface area contributed by atoms with Gasteiger partial charge in [-0.3, -0.25) is 0 Å². The Kier molecular flexibility index (Phi) is 26.5. The summed E-state index contributed by atoms with van der Waals surface area (Å²) in [5, 5.41) is 157. The molecule has 5 unspecified atom stereocenters. The van der Waals surface area contributed by atoms with Crippen molar-refractivity contribution >= 4 is 106 Å². The molecule has 41 heteroatoms. The van der Waals surface area contributed by atoms with Crippen LogP contribution in [0.5, 0.6) is 5.75 Å². The van der Waals surface area contributed by atoms with Gasteiger partial charge in [0, 0.05) is 58.8 Å². The van der Waals surface area contributed by atoms with Crippen molar-refractivity contribution < 1.29 is 105 Å². The minimum atomic E-state index is -1.22. The van der Waals surface area contributed by atoms with E-state index in [0.29, 0.717) is 78.4 Å². The molecule has 5 fully saturated rings. The maximum atomic E-state index is 10.5. The van der Waals surface area contributed by atoms with E-state index in [1.54, 1.807) is 60.9 Å². The van der Waals surface area contributed by atoms with Gasteiger partial charge in [0.2, 0.25) is 0 Å². The molecule has 0 amide bonds. The monoisotopic (exact) mass is 1850 g/mol. The van der Waals surface area contributed by atoms with E-state index in [1.807, 2.05) is 165 Å². The normalized spacial score (nSPS) is 25.2. The number of aliphatic hydroxyl groups is 15. The Morgan fingerprint density at radius 3 is 0.897 bits per heavy atom. The number of benzene rings is 7. The number of aryl methyl sites for hydroxylation is 1. The SMILES string of the molecule is COc1ccc(-c2cn([C@@H]3O[C@H](CO)C(O)[C@@H]3O)c3ncnc(N)c23)cc1.Cc1ccc(-c2cn([C@@H]3O[C@H](CO)C(O)[C@@H]3O)c3ncnc(N)c23)cc1.Nc1ncnc2c1c(-c1ccc3ccccc3c1)cn2[C@@H]1O[C@H](CO)C(O)[C@@H]1O.Nc1ncnc2c1c(-c1cccc3ccccc13)cn2[C@@H]1O[C@H](CO)C(O)[C@@H]1O.Nc1ncnc2c1c(-c1ccccc1)cn2[C@@H]1O[C@H](CO)C(O)[C@@H]1O. The van der Waals surface area contributed by atoms with Gasteiger partial charge in [-0.1, -0.05) is 151 Å². The van der Waals surface area contributed by atoms with Gasteiger partial charge in [-0.2, -0.15) is 0 Å². The van der Waals surface area contributed by atoms with Gasteiger partial charge in [0.05, 0.1) is 67.1 Å². The molecule has 5 saturated heterocycles. The molecule has 20 atom stereocenters. The molecule has 17 aromatic rings. The summed E-state index contributed by atoms with van der Waals surface area (Å²) in [4.78, 5) is 42.0. The Morgan fingerprint density at radius 2 is 0.559 bits per heavy atom. The van der Waals surface area contributed by atoms with Crippen LogP contribution in [0.25, 0.3) is 132 Å². The number of ether oxygens (including phenoxy) is 6. The molecule has 7 aromatic carbocycles. The maximum absolute atomic E-state index is 10.5. The lowest BCUT2D eigenvalue weighted by atomic mass is 9.98. The molecule has 0 spiro atoms. The molecule has 136 heavy (non-hydrogen) atoms. The quantitative estimate of drug-likeness (QED) is 0.0648. The summed E-state index contributed by atoms with van der Waals surface area (Å²) in [5.74, 6) is 2.25. The maximum Gasteiger partial charge on any atom is 0.164 e. The zero-order valence-electron chi connectivity index (χ0n) is 72.7. The molecule has 22 rings (SSSR count). The molecule has 10 aromatic heterocycles. The van der Waals surface area contributed by atoms with Crippen LogP contribution in [-0.2, 0) is 23.7 Å². The largest absolute Gasteiger partial charge is 0.497 e. The fourth-order valence-corrected chi connectivity index (χ4v) is 18.1. The number of fused-ring (bicyclic) bond motifs is 7. The van der Waals surface area contributed by atoms with E-state index in [0.717, 1.165) is 88.5 Å². The zero-order valence-corrected chi connectivity index (χ0v) is 72.7. The highest BCUT2D eigenvalue weighted by Crippen LogP contribution is 2.47. The summed E-state index contributed by atoms with van der Waals surface area (Å²) >= 11 is 0. The molecule has 704 valence electrons. The molecular weight excluding hydrogens is 1760 g/mol. The second kappa shape index (κ2) is 38.9. The lowest BCUT2D eigenvalue weighted by molar-refractivity contribution is -0.0508. The smallest absolute Gasteiger partial charge is 0.164 e. The molecule has 41 nitrogen and oxygen atoms in total. The van der Waals surface area contributed by atoms with Gasteiger partial charge in [0.1, 0.15) is 186 Å². The van der Waals surface area contributed by atoms with Crippen molar-refractivity contribution in [2.75, 3.05) is 68.8 Å². The molecule has 0 saturated carbocycles. The molecule has 5 aliphatic heterocycles. The van der Waals surface area contributed by atoms with E-state index in [9.17, 15) is 76.6 Å². The van der Waals surface area contributed by atoms with E-state index in [4.69, 9.17) is 57.1 Å². The van der Waals surface area contributed by atoms with Crippen molar-refractivity contribution in [3.63, 3.8) is 0 Å². The third-order valence-corrected chi connectivity index (χ3v) is 25.1. The number of nitrogens with zero attached hydrogens (tertiary/aromatic N) is 15. The summed E-state index contributed by atoms with van der Waals surface area (Å²) in [6, 6.07) is 53.0. The first-order chi connectivity index (χ1) is 65.8. The van der Waals surface area contributed by atoms with E-state index < -0.39 is 156 Å². The average Bonchev–Trinajstić information content (AvgIpc) is 1.61. The van der Waals surface area contributed by atoms with Gasteiger partial charge in [-0.05, 0) is 74.5 Å². The van der Waals surface area contributed by atoms with Crippen molar-refractivity contribution in [2.24, 2.45) is 0 Å². The highest BCUT2D eigenvalue weighted by molar-refractivity contribution is 6.09. The fraction of sp³-hybridized carbons (Fsp3) is 0.284. The van der Waals surface area contributed by atoms with Gasteiger partial charge in [-0.25, -0.2) is 49.8 Å². The molecule has 0 aliphatic carbocycles. The fourth-order valence-electron chi connectivity index (χ4n) is 18.1. The number of anilines is 5. The molecular formula is C95H98N20O21. The van der Waals surface area contributed by atoms with Crippen molar-refractivity contribution in [3.05, 3.63) is 232 Å². The number of aromatic nitrogens is 15. The highest BCUT2D eigenvalue weighted by atomic mass is 16.6. The van der Waals surface area contributed by atoms with Crippen molar-refractivity contribution in [1.29, 1.82) is 0 Å². The summed E-state index contributed by atoms with van der Waals surface area (Å²) < 4.78 is 41.7. The number of rotatable bonds is 16. The predicted molar refractivity (Wildman–Crippen MR) is 498 cm³/mol. The topological polar surface area (TPSA) is 642 Å². The van der Waals surface area contributed by atoms with Crippen molar-refractivity contribution in [3.8, 4) is 61.4 Å². The number of hydrogen-bond acceptors (Lipinski definition) is 36. The number of nitrogens with two attached hydrogens (primary N) is 5. The first-order valence-electron chi connectivity index (χ1n) is 43.3. The van der Waals surface area contributed by atoms with E-state index >= 15 is 0 Å². The van der Waals surface area contributed by atoms with E-state index in [2.05, 4.69) is 55.9 Å². The van der Waals surface area contributed by atoms with Gasteiger partial charge in [0.25, 0.3) is 0 Å². The number of hydrogen-bond donors (Lipinski definition) is 20. The molecule has 0 bridgehead atoms. The second-order valence-electron chi connectivity index (χ2n) is 33.2. The minimum absolute atomic E-state index is 0.288. The van der Waals surface area contributed by atoms with Crippen molar-refractivity contribution in [2.45, 2.75) is 130 Å². The van der Waals surface area contributed by atoms with Crippen LogP contribution in [0, 0.1) is 6.92 Å². The van der Waals surface area contributed by atoms with Gasteiger partial charge < -0.3 is 157 Å². The van der Waals surface area contributed by atoms with E-state index in [-0.39, 0.29) is 5.82 Å². The Morgan fingerprint density at radius 1 is 0.279 bits per heavy atom. The van der Waals surface area contributed by atoms with Crippen LogP contribution < -0.4 is 33.4 Å². The molecule has 25 N–H and O–H groups in total. The van der Waals surface area contributed by atoms with Crippen LogP contribution in [0.1, 0.15) is 36.7 Å². The van der Waals surface area contributed by atoms with Gasteiger partial charge in [0.15, 0.2) is 31.1 Å². The van der Waals surface area contributed by atoms with Crippen LogP contribution in [0.15, 0.2) is 226 Å². The standard InChI is InChI=1S/2C21H20N4O4.C18H20N4O5.C18H20N4O4.C17H18N4O4/c22-19-16-14(13-7-3-5-11-4-1-2-6-12(11)13)8-25(20(16)24-10-23-19)21-18(28)17(27)15(9-26)29-21;22-19-16-14(13-6-5-11-3-1-2-4-12(11)7-13)8-25(20(16)24-10-23-19)21-18(28)17(27)15(9-26)29-21;1-26-10-4-2-9(3-5-10)11-6-22(17-13(11)16(19)20-8-21-17)18-15(25)14(24)12(7-23)27-18;1-9-2-4-10(5-3-9)11-6-22(17-13(11)16(19)20-8-21-17)18-15(25)14(24)12(7-23)26-18;18-15-12-10(9-4-2-1-3-5-9)6-21(16(12)20-8-19-15)17-14(24)13(23)11(7-22)25-17/h2*1-8,10,15,17-18,21,26-28H,9H2,(H2,22,23,24);2-6,8,12,14-15,18,23-25H,7H2,1H3,(H2,19,20,21);2-6,8,12,14-15,18,23-25H,7H2,1H3,(H2,19,20,21);1-6,8,11,13-14,17,22-24H,7H2,(H2,18,19,20)/t2*15-,17?,18+,21-;2*12-,14?,15+,18-;11-,13?,14+,17-/m11111/s1. The summed E-state index contributed by atoms with van der Waals surface area (Å²) in [6.07, 6.45) is -5.36. The average molecular weight is 1860 g/mol. The molecule has 0 radical (unpaired) electrons. The van der Waals surface area contributed by atoms with Crippen molar-refractivity contribution in [1.82, 2.24) is 72.7 Å². The zero-order chi connectivity index (χ0) is 95.3. The van der Waals surface area contributed by atoms with Crippen LogP contribution in [0.2, 0.25) is 0 Å². The highest BCUT2D eigenvalue weighted by Gasteiger charge is 2.49. The first-order valence-corrected chi connectivity index (χ1v) is 43.3. The Bertz CT molecular complexity index is 7150. The predicted octanol–water partition coefficient (Wildman–Crippen LogP) is 4.08. The minimum Gasteiger partial charge on any atom is -0.497 e. The third-order valence-electron chi connectivity index (χ3n) is 25.1. The summed E-state index contributed by atoms with van der Waals surface area (Å²) in [6.45, 7) is 0.0103. The van der Waals surface area contributed by atoms with Gasteiger partial charge >= 0.3 is 0 Å². The Balaban J connectivity index is 0.000000113. The van der Waals surface area contributed by atoms with E-state index in [1.165, 1.54) is 31.6 Å². The second-order valence-corrected chi connectivity index (χ2v) is 33.2. The number of aliphatic hydroxyl groups excluding tert-OH is 15. The third kappa shape index (κ3) is 17.0. The first kappa shape index (κ1) is 92.6. The summed E-state index contributed by atoms with van der Waals surface area (Å²) in [7, 11) is 1.59. The lowest BCUT2D eigenvalue weighted by Gasteiger charge is -2.17. The van der Waals surface area contributed by atoms with Crippen LogP contribution >= 0.6 is 0 Å². The van der Waals surface area contributed by atoms with Crippen LogP contribution in [0.3, 0.4) is 0 Å². The van der Waals surface area contributed by atoms with Crippen LogP contribution in [0.4, 0.5) is 29.1 Å². The molecule has 5 aliphatic rings. The Labute approximate surface area is 771 Å².